The largest absolute Gasteiger partial charge is 0.352 e. The highest BCUT2D eigenvalue weighted by molar-refractivity contribution is 9.10. The lowest BCUT2D eigenvalue weighted by Crippen LogP contribution is -2.54. The number of hydrogen-bond donors (Lipinski definition) is 1. The van der Waals surface area contributed by atoms with Gasteiger partial charge in [-0.3, -0.25) is 13.9 Å². The summed E-state index contributed by atoms with van der Waals surface area (Å²) >= 11 is 16.3. The van der Waals surface area contributed by atoms with Crippen LogP contribution in [0.4, 0.5) is 5.69 Å². The normalized spacial score (nSPS) is 12.0. The van der Waals surface area contributed by atoms with Crippen LogP contribution in [-0.4, -0.2) is 43.8 Å². The molecular formula is C33H32BrCl2N3O4S. The number of anilines is 1. The molecule has 2 amide bonds. The Bertz CT molecular complexity index is 1710. The number of nitrogens with one attached hydrogen (secondary N) is 1. The molecule has 44 heavy (non-hydrogen) atoms. The van der Waals surface area contributed by atoms with E-state index in [1.165, 1.54) is 29.2 Å². The third-order valence-electron chi connectivity index (χ3n) is 6.75. The standard InChI is InChI=1S/C33H32BrCl2N3O4S/c1-23(2)37-33(41)30(20-24-11-5-3-6-12-24)38(21-25-13-9-14-26(34)19-25)31(40)22-39(29-18-10-17-28(35)32(29)36)44(42,43)27-15-7-4-8-16-27/h3-19,23,30H,20-22H2,1-2H3,(H,37,41). The summed E-state index contributed by atoms with van der Waals surface area (Å²) in [5.74, 6) is -0.953. The molecular weight excluding hydrogens is 685 g/mol. The second-order valence-corrected chi connectivity index (χ2v) is 14.0. The highest BCUT2D eigenvalue weighted by Gasteiger charge is 2.35. The fraction of sp³-hybridized carbons (Fsp3) is 0.212. The molecule has 230 valence electrons. The monoisotopic (exact) mass is 715 g/mol. The van der Waals surface area contributed by atoms with Crippen LogP contribution in [0.2, 0.25) is 10.0 Å². The van der Waals surface area contributed by atoms with Crippen LogP contribution in [-0.2, 0) is 32.6 Å². The maximum atomic E-state index is 14.5. The number of benzene rings is 4. The van der Waals surface area contributed by atoms with Crippen molar-refractivity contribution in [1.29, 1.82) is 0 Å². The number of carbonyl (C=O) groups is 2. The summed E-state index contributed by atoms with van der Waals surface area (Å²) < 4.78 is 29.9. The van der Waals surface area contributed by atoms with Crippen molar-refractivity contribution in [2.24, 2.45) is 0 Å². The highest BCUT2D eigenvalue weighted by Crippen LogP contribution is 2.35. The lowest BCUT2D eigenvalue weighted by Gasteiger charge is -2.34. The maximum absolute atomic E-state index is 14.5. The lowest BCUT2D eigenvalue weighted by molar-refractivity contribution is -0.140. The summed E-state index contributed by atoms with van der Waals surface area (Å²) in [6.45, 7) is 3.09. The zero-order valence-corrected chi connectivity index (χ0v) is 28.1. The number of sulfonamides is 1. The first kappa shape index (κ1) is 33.5. The van der Waals surface area contributed by atoms with Crippen molar-refractivity contribution < 1.29 is 18.0 Å². The molecule has 0 radical (unpaired) electrons. The Balaban J connectivity index is 1.83. The number of rotatable bonds is 12. The Kier molecular flexibility index (Phi) is 11.5. The van der Waals surface area contributed by atoms with Crippen LogP contribution in [0.5, 0.6) is 0 Å². The van der Waals surface area contributed by atoms with Crippen molar-refractivity contribution in [1.82, 2.24) is 10.2 Å². The average Bonchev–Trinajstić information content (AvgIpc) is 2.99. The van der Waals surface area contributed by atoms with E-state index < -0.39 is 28.5 Å². The van der Waals surface area contributed by atoms with Crippen LogP contribution < -0.4 is 9.62 Å². The van der Waals surface area contributed by atoms with E-state index in [1.54, 1.807) is 24.3 Å². The molecule has 0 bridgehead atoms. The van der Waals surface area contributed by atoms with Crippen LogP contribution in [0.15, 0.2) is 112 Å². The molecule has 0 aromatic heterocycles. The van der Waals surface area contributed by atoms with Gasteiger partial charge in [-0.25, -0.2) is 8.42 Å². The molecule has 4 rings (SSSR count). The topological polar surface area (TPSA) is 86.8 Å². The minimum absolute atomic E-state index is 0.0154. The number of amides is 2. The van der Waals surface area contributed by atoms with Gasteiger partial charge in [-0.1, -0.05) is 106 Å². The fourth-order valence-corrected chi connectivity index (χ4v) is 7.03. The number of hydrogen-bond acceptors (Lipinski definition) is 4. The first-order chi connectivity index (χ1) is 21.0. The van der Waals surface area contributed by atoms with E-state index in [9.17, 15) is 18.0 Å². The van der Waals surface area contributed by atoms with Crippen molar-refractivity contribution in [3.05, 3.63) is 129 Å². The van der Waals surface area contributed by atoms with Crippen molar-refractivity contribution >= 4 is 66.7 Å². The average molecular weight is 718 g/mol. The van der Waals surface area contributed by atoms with Gasteiger partial charge >= 0.3 is 0 Å². The molecule has 1 atom stereocenters. The molecule has 0 aliphatic heterocycles. The van der Waals surface area contributed by atoms with Gasteiger partial charge in [0.25, 0.3) is 10.0 Å². The Morgan fingerprint density at radius 3 is 2.09 bits per heavy atom. The van der Waals surface area contributed by atoms with Gasteiger partial charge in [-0.15, -0.1) is 0 Å². The maximum Gasteiger partial charge on any atom is 0.264 e. The molecule has 0 spiro atoms. The number of nitrogens with zero attached hydrogens (tertiary/aromatic N) is 2. The van der Waals surface area contributed by atoms with Crippen molar-refractivity contribution in [3.63, 3.8) is 0 Å². The van der Waals surface area contributed by atoms with Crippen LogP contribution >= 0.6 is 39.1 Å². The van der Waals surface area contributed by atoms with Crippen LogP contribution in [0.3, 0.4) is 0 Å². The van der Waals surface area contributed by atoms with Crippen molar-refractivity contribution in [2.75, 3.05) is 10.8 Å². The lowest BCUT2D eigenvalue weighted by atomic mass is 10.0. The molecule has 4 aromatic carbocycles. The SMILES string of the molecule is CC(C)NC(=O)C(Cc1ccccc1)N(Cc1cccc(Br)c1)C(=O)CN(c1cccc(Cl)c1Cl)S(=O)(=O)c1ccccc1. The molecule has 0 aliphatic rings. The smallest absolute Gasteiger partial charge is 0.264 e. The summed E-state index contributed by atoms with van der Waals surface area (Å²) in [5.41, 5.74) is 1.64. The highest BCUT2D eigenvalue weighted by atomic mass is 79.9. The minimum atomic E-state index is -4.29. The first-order valence-electron chi connectivity index (χ1n) is 13.9. The summed E-state index contributed by atoms with van der Waals surface area (Å²) in [7, 11) is -4.29. The second kappa shape index (κ2) is 15.1. The Morgan fingerprint density at radius 2 is 1.45 bits per heavy atom. The van der Waals surface area contributed by atoms with Gasteiger partial charge in [0.1, 0.15) is 12.6 Å². The van der Waals surface area contributed by atoms with Crippen molar-refractivity contribution in [3.8, 4) is 0 Å². The Labute approximate surface area is 277 Å². The van der Waals surface area contributed by atoms with Gasteiger partial charge in [0.2, 0.25) is 11.8 Å². The van der Waals surface area contributed by atoms with E-state index in [2.05, 4.69) is 21.2 Å². The van der Waals surface area contributed by atoms with E-state index in [0.717, 1.165) is 19.9 Å². The quantitative estimate of drug-likeness (QED) is 0.169. The van der Waals surface area contributed by atoms with Crippen LogP contribution in [0.25, 0.3) is 0 Å². The number of halogens is 3. The van der Waals surface area contributed by atoms with Crippen molar-refractivity contribution in [2.45, 2.75) is 43.8 Å². The first-order valence-corrected chi connectivity index (χ1v) is 16.9. The van der Waals surface area contributed by atoms with Gasteiger partial charge < -0.3 is 10.2 Å². The third-order valence-corrected chi connectivity index (χ3v) is 9.83. The van der Waals surface area contributed by atoms with E-state index >= 15 is 0 Å². The number of carbonyl (C=O) groups excluding carboxylic acids is 2. The third kappa shape index (κ3) is 8.41. The van der Waals surface area contributed by atoms with Gasteiger partial charge in [0.15, 0.2) is 0 Å². The molecule has 0 saturated carbocycles. The molecule has 0 heterocycles. The Hall–Kier alpha value is -3.37. The zero-order valence-electron chi connectivity index (χ0n) is 24.2. The summed E-state index contributed by atoms with van der Waals surface area (Å²) in [6.07, 6.45) is 0.211. The molecule has 0 fully saturated rings. The van der Waals surface area contributed by atoms with Gasteiger partial charge in [-0.2, -0.15) is 0 Å². The van der Waals surface area contributed by atoms with E-state index in [0.29, 0.717) is 0 Å². The molecule has 4 aromatic rings. The summed E-state index contributed by atoms with van der Waals surface area (Å²) in [5, 5.41) is 3.06. The molecule has 11 heteroatoms. The molecule has 7 nitrogen and oxygen atoms in total. The predicted molar refractivity (Wildman–Crippen MR) is 179 cm³/mol. The summed E-state index contributed by atoms with van der Waals surface area (Å²) in [6, 6.07) is 28.0. The summed E-state index contributed by atoms with van der Waals surface area (Å²) in [4.78, 5) is 29.6. The Morgan fingerprint density at radius 1 is 0.841 bits per heavy atom. The second-order valence-electron chi connectivity index (χ2n) is 10.4. The van der Waals surface area contributed by atoms with Crippen LogP contribution in [0.1, 0.15) is 25.0 Å². The van der Waals surface area contributed by atoms with E-state index in [-0.39, 0.29) is 45.5 Å². The molecule has 1 unspecified atom stereocenters. The predicted octanol–water partition coefficient (Wildman–Crippen LogP) is 7.12. The fourth-order valence-electron chi connectivity index (χ4n) is 4.68. The van der Waals surface area contributed by atoms with E-state index in [1.807, 2.05) is 68.4 Å². The van der Waals surface area contributed by atoms with Gasteiger partial charge in [0.05, 0.1) is 20.6 Å². The van der Waals surface area contributed by atoms with Gasteiger partial charge in [0, 0.05) is 23.5 Å². The minimum Gasteiger partial charge on any atom is -0.352 e. The van der Waals surface area contributed by atoms with E-state index in [4.69, 9.17) is 23.2 Å². The zero-order chi connectivity index (χ0) is 31.9. The molecule has 1 N–H and O–H groups in total. The van der Waals surface area contributed by atoms with Crippen LogP contribution in [0, 0.1) is 0 Å². The molecule has 0 saturated heterocycles. The van der Waals surface area contributed by atoms with Gasteiger partial charge in [-0.05, 0) is 61.4 Å². The molecule has 0 aliphatic carbocycles.